The molecular formula is C15H25N3O. The molecule has 0 fully saturated rings. The van der Waals surface area contributed by atoms with Crippen LogP contribution in [-0.4, -0.2) is 12.6 Å². The standard InChI is InChI=1S/C15H25N3O/c1-9-7-10(2)12(4)13(11(9)3)15(5,6)8-17-14(19)18-16/h7H,8,16H2,1-6H3,(H2,17,18,19). The molecule has 0 aliphatic heterocycles. The predicted molar refractivity (Wildman–Crippen MR) is 79.1 cm³/mol. The van der Waals surface area contributed by atoms with E-state index < -0.39 is 0 Å². The Morgan fingerprint density at radius 3 is 2.05 bits per heavy atom. The summed E-state index contributed by atoms with van der Waals surface area (Å²) in [6.07, 6.45) is 0. The lowest BCUT2D eigenvalue weighted by Crippen LogP contribution is -2.45. The van der Waals surface area contributed by atoms with Gasteiger partial charge in [-0.3, -0.25) is 5.43 Å². The van der Waals surface area contributed by atoms with E-state index in [9.17, 15) is 4.79 Å². The Morgan fingerprint density at radius 1 is 1.16 bits per heavy atom. The minimum Gasteiger partial charge on any atom is -0.336 e. The fourth-order valence-electron chi connectivity index (χ4n) is 2.67. The molecule has 1 rings (SSSR count). The highest BCUT2D eigenvalue weighted by molar-refractivity contribution is 5.73. The second-order valence-corrected chi connectivity index (χ2v) is 5.85. The van der Waals surface area contributed by atoms with Gasteiger partial charge in [-0.25, -0.2) is 10.6 Å². The lowest BCUT2D eigenvalue weighted by Gasteiger charge is -2.31. The van der Waals surface area contributed by atoms with E-state index in [1.807, 2.05) is 0 Å². The summed E-state index contributed by atoms with van der Waals surface area (Å²) in [6, 6.07) is 1.86. The van der Waals surface area contributed by atoms with Crippen molar-refractivity contribution >= 4 is 6.03 Å². The second-order valence-electron chi connectivity index (χ2n) is 5.85. The Kier molecular flexibility index (Phi) is 4.58. The van der Waals surface area contributed by atoms with Crippen molar-refractivity contribution in [2.45, 2.75) is 47.0 Å². The number of hydrogen-bond acceptors (Lipinski definition) is 2. The van der Waals surface area contributed by atoms with Crippen LogP contribution in [0.4, 0.5) is 4.79 Å². The molecule has 0 saturated carbocycles. The topological polar surface area (TPSA) is 67.2 Å². The molecule has 4 N–H and O–H groups in total. The first-order valence-corrected chi connectivity index (χ1v) is 6.53. The normalized spacial score (nSPS) is 11.3. The number of carbonyl (C=O) groups is 1. The minimum absolute atomic E-state index is 0.141. The van der Waals surface area contributed by atoms with E-state index >= 15 is 0 Å². The van der Waals surface area contributed by atoms with Crippen molar-refractivity contribution < 1.29 is 4.79 Å². The van der Waals surface area contributed by atoms with Gasteiger partial charge >= 0.3 is 6.03 Å². The van der Waals surface area contributed by atoms with E-state index in [-0.39, 0.29) is 11.4 Å². The van der Waals surface area contributed by atoms with Gasteiger partial charge in [0.2, 0.25) is 0 Å². The molecule has 1 aromatic carbocycles. The van der Waals surface area contributed by atoms with Crippen molar-refractivity contribution in [3.8, 4) is 0 Å². The maximum atomic E-state index is 11.2. The second kappa shape index (κ2) is 5.61. The molecule has 19 heavy (non-hydrogen) atoms. The molecule has 2 amide bonds. The van der Waals surface area contributed by atoms with Gasteiger partial charge in [0.25, 0.3) is 0 Å². The summed E-state index contributed by atoms with van der Waals surface area (Å²) in [4.78, 5) is 11.2. The van der Waals surface area contributed by atoms with Gasteiger partial charge < -0.3 is 5.32 Å². The quantitative estimate of drug-likeness (QED) is 0.445. The van der Waals surface area contributed by atoms with Gasteiger partial charge in [-0.05, 0) is 55.5 Å². The number of nitrogens with one attached hydrogen (secondary N) is 2. The smallest absolute Gasteiger partial charge is 0.328 e. The maximum Gasteiger partial charge on any atom is 0.328 e. The summed E-state index contributed by atoms with van der Waals surface area (Å²) in [6.45, 7) is 13.4. The summed E-state index contributed by atoms with van der Waals surface area (Å²) < 4.78 is 0. The van der Waals surface area contributed by atoms with Crippen molar-refractivity contribution in [1.29, 1.82) is 0 Å². The Balaban J connectivity index is 3.17. The maximum absolute atomic E-state index is 11.2. The van der Waals surface area contributed by atoms with Gasteiger partial charge in [-0.2, -0.15) is 0 Å². The average molecular weight is 263 g/mol. The monoisotopic (exact) mass is 263 g/mol. The van der Waals surface area contributed by atoms with Crippen LogP contribution >= 0.6 is 0 Å². The molecule has 0 bridgehead atoms. The molecular weight excluding hydrogens is 238 g/mol. The van der Waals surface area contributed by atoms with Crippen LogP contribution in [-0.2, 0) is 5.41 Å². The van der Waals surface area contributed by atoms with Crippen LogP contribution in [0.2, 0.25) is 0 Å². The van der Waals surface area contributed by atoms with Crippen molar-refractivity contribution in [3.63, 3.8) is 0 Å². The number of rotatable bonds is 3. The van der Waals surface area contributed by atoms with E-state index in [0.717, 1.165) is 0 Å². The van der Waals surface area contributed by atoms with Crippen molar-refractivity contribution in [3.05, 3.63) is 33.9 Å². The Hall–Kier alpha value is -1.55. The van der Waals surface area contributed by atoms with Crippen molar-refractivity contribution in [1.82, 2.24) is 10.7 Å². The molecule has 0 radical (unpaired) electrons. The summed E-state index contributed by atoms with van der Waals surface area (Å²) in [7, 11) is 0. The fraction of sp³-hybridized carbons (Fsp3) is 0.533. The van der Waals surface area contributed by atoms with Crippen LogP contribution in [0, 0.1) is 27.7 Å². The van der Waals surface area contributed by atoms with E-state index in [1.165, 1.54) is 27.8 Å². The fourth-order valence-corrected chi connectivity index (χ4v) is 2.67. The zero-order chi connectivity index (χ0) is 14.8. The SMILES string of the molecule is Cc1cc(C)c(C)c(C(C)(C)CNC(=O)NN)c1C. The van der Waals surface area contributed by atoms with Crippen LogP contribution in [0.15, 0.2) is 6.07 Å². The third-order valence-corrected chi connectivity index (χ3v) is 3.86. The first-order valence-electron chi connectivity index (χ1n) is 6.53. The van der Waals surface area contributed by atoms with E-state index in [1.54, 1.807) is 0 Å². The molecule has 4 heteroatoms. The lowest BCUT2D eigenvalue weighted by molar-refractivity contribution is 0.238. The molecule has 1 aromatic rings. The molecule has 0 aromatic heterocycles. The number of amides is 2. The van der Waals surface area contributed by atoms with Gasteiger partial charge in [0.1, 0.15) is 0 Å². The number of hydrazine groups is 1. The van der Waals surface area contributed by atoms with Gasteiger partial charge in [0.05, 0.1) is 0 Å². The number of benzene rings is 1. The number of hydrogen-bond donors (Lipinski definition) is 3. The van der Waals surface area contributed by atoms with Crippen LogP contribution < -0.4 is 16.6 Å². The van der Waals surface area contributed by atoms with Crippen molar-refractivity contribution in [2.75, 3.05) is 6.54 Å². The Bertz CT molecular complexity index is 466. The van der Waals surface area contributed by atoms with Gasteiger partial charge in [0.15, 0.2) is 0 Å². The third kappa shape index (κ3) is 3.26. The van der Waals surface area contributed by atoms with E-state index in [4.69, 9.17) is 5.84 Å². The van der Waals surface area contributed by atoms with Gasteiger partial charge in [-0.1, -0.05) is 19.9 Å². The zero-order valence-corrected chi connectivity index (χ0v) is 12.8. The van der Waals surface area contributed by atoms with Crippen LogP contribution in [0.25, 0.3) is 0 Å². The first kappa shape index (κ1) is 15.5. The van der Waals surface area contributed by atoms with Crippen LogP contribution in [0.5, 0.6) is 0 Å². The summed E-state index contributed by atoms with van der Waals surface area (Å²) in [5, 5.41) is 2.79. The van der Waals surface area contributed by atoms with Crippen LogP contribution in [0.3, 0.4) is 0 Å². The highest BCUT2D eigenvalue weighted by Gasteiger charge is 2.26. The first-order chi connectivity index (χ1) is 8.70. The van der Waals surface area contributed by atoms with Gasteiger partial charge in [0, 0.05) is 12.0 Å². The molecule has 4 nitrogen and oxygen atoms in total. The Labute approximate surface area is 115 Å². The molecule has 0 unspecified atom stereocenters. The molecule has 0 spiro atoms. The number of aryl methyl sites for hydroxylation is 2. The number of carbonyl (C=O) groups excluding carboxylic acids is 1. The minimum atomic E-state index is -0.354. The van der Waals surface area contributed by atoms with E-state index in [0.29, 0.717) is 6.54 Å². The molecule has 0 atom stereocenters. The molecule has 106 valence electrons. The largest absolute Gasteiger partial charge is 0.336 e. The highest BCUT2D eigenvalue weighted by atomic mass is 16.2. The summed E-state index contributed by atoms with van der Waals surface area (Å²) >= 11 is 0. The van der Waals surface area contributed by atoms with Crippen molar-refractivity contribution in [2.24, 2.45) is 5.84 Å². The highest BCUT2D eigenvalue weighted by Crippen LogP contribution is 2.32. The van der Waals surface area contributed by atoms with E-state index in [2.05, 4.69) is 58.4 Å². The molecule has 0 heterocycles. The third-order valence-electron chi connectivity index (χ3n) is 3.86. The molecule has 0 saturated heterocycles. The number of urea groups is 1. The average Bonchev–Trinajstić information content (AvgIpc) is 2.33. The lowest BCUT2D eigenvalue weighted by atomic mass is 9.77. The summed E-state index contributed by atoms with van der Waals surface area (Å²) in [5.41, 5.74) is 8.42. The number of nitrogens with two attached hydrogens (primary N) is 1. The zero-order valence-electron chi connectivity index (χ0n) is 12.8. The molecule has 0 aliphatic rings. The predicted octanol–water partition coefficient (Wildman–Crippen LogP) is 2.37. The van der Waals surface area contributed by atoms with Gasteiger partial charge in [-0.15, -0.1) is 0 Å². The van der Waals surface area contributed by atoms with Crippen LogP contribution in [0.1, 0.15) is 41.7 Å². The Morgan fingerprint density at radius 2 is 1.63 bits per heavy atom. The molecule has 0 aliphatic carbocycles. The summed E-state index contributed by atoms with van der Waals surface area (Å²) in [5.74, 6) is 5.09.